The fraction of sp³-hybridized carbons (Fsp3) is 0.278. The van der Waals surface area contributed by atoms with Gasteiger partial charge in [-0.15, -0.1) is 11.8 Å². The molecule has 0 atom stereocenters. The first-order valence-corrected chi connectivity index (χ1v) is 12.3. The van der Waals surface area contributed by atoms with Crippen molar-refractivity contribution in [3.8, 4) is 0 Å². The summed E-state index contributed by atoms with van der Waals surface area (Å²) in [7, 11) is -3.64. The van der Waals surface area contributed by atoms with Gasteiger partial charge in [-0.1, -0.05) is 23.7 Å². The Labute approximate surface area is 173 Å². The Bertz CT molecular complexity index is 904. The second-order valence-corrected chi connectivity index (χ2v) is 9.78. The highest BCUT2D eigenvalue weighted by molar-refractivity contribution is 7.99. The number of carbonyl (C=O) groups excluding carboxylic acids is 1. The van der Waals surface area contributed by atoms with Gasteiger partial charge in [0.1, 0.15) is 0 Å². The third kappa shape index (κ3) is 7.04. The molecule has 27 heavy (non-hydrogen) atoms. The van der Waals surface area contributed by atoms with Gasteiger partial charge in [-0.3, -0.25) is 4.79 Å². The number of hydrogen-bond acceptors (Lipinski definition) is 5. The molecule has 0 unspecified atom stereocenters. The van der Waals surface area contributed by atoms with E-state index in [1.54, 1.807) is 23.9 Å². The predicted octanol–water partition coefficient (Wildman–Crippen LogP) is 4.23. The lowest BCUT2D eigenvalue weighted by atomic mass is 10.2. The lowest BCUT2D eigenvalue weighted by Gasteiger charge is -2.12. The van der Waals surface area contributed by atoms with Crippen LogP contribution in [0.1, 0.15) is 12.5 Å². The zero-order valence-electron chi connectivity index (χ0n) is 15.0. The summed E-state index contributed by atoms with van der Waals surface area (Å²) < 4.78 is 27.6. The van der Waals surface area contributed by atoms with Gasteiger partial charge in [0, 0.05) is 34.9 Å². The summed E-state index contributed by atoms with van der Waals surface area (Å²) in [6.07, 6.45) is 1.87. The normalized spacial score (nSPS) is 11.4. The fourth-order valence-electron chi connectivity index (χ4n) is 2.29. The summed E-state index contributed by atoms with van der Waals surface area (Å²) >= 11 is 9.01. The van der Waals surface area contributed by atoms with Gasteiger partial charge < -0.3 is 5.32 Å². The minimum atomic E-state index is -3.64. The Hall–Kier alpha value is -1.19. The number of nitrogens with one attached hydrogen (secondary N) is 2. The van der Waals surface area contributed by atoms with E-state index in [0.717, 1.165) is 16.2 Å². The van der Waals surface area contributed by atoms with E-state index in [1.807, 2.05) is 30.5 Å². The largest absolute Gasteiger partial charge is 0.325 e. The third-order valence-electron chi connectivity index (χ3n) is 3.49. The van der Waals surface area contributed by atoms with Gasteiger partial charge in [0.15, 0.2) is 0 Å². The van der Waals surface area contributed by atoms with Crippen LogP contribution in [0.2, 0.25) is 5.02 Å². The molecule has 1 amide bonds. The van der Waals surface area contributed by atoms with Gasteiger partial charge in [-0.2, -0.15) is 11.8 Å². The molecule has 9 heteroatoms. The van der Waals surface area contributed by atoms with E-state index in [1.165, 1.54) is 24.8 Å². The summed E-state index contributed by atoms with van der Waals surface area (Å²) in [4.78, 5) is 12.3. The van der Waals surface area contributed by atoms with Crippen molar-refractivity contribution in [3.05, 3.63) is 53.1 Å². The van der Waals surface area contributed by atoms with Crippen LogP contribution in [-0.4, -0.2) is 32.9 Å². The van der Waals surface area contributed by atoms with Crippen molar-refractivity contribution in [3.63, 3.8) is 0 Å². The summed E-state index contributed by atoms with van der Waals surface area (Å²) in [5, 5.41) is 3.36. The van der Waals surface area contributed by atoms with E-state index >= 15 is 0 Å². The molecule has 0 bridgehead atoms. The highest BCUT2D eigenvalue weighted by Gasteiger charge is 2.16. The maximum absolute atomic E-state index is 12.5. The van der Waals surface area contributed by atoms with E-state index in [-0.39, 0.29) is 10.8 Å². The van der Waals surface area contributed by atoms with Gasteiger partial charge in [-0.05, 0) is 42.2 Å². The molecular weight excluding hydrogens is 424 g/mol. The predicted molar refractivity (Wildman–Crippen MR) is 115 cm³/mol. The lowest BCUT2D eigenvalue weighted by Crippen LogP contribution is -2.26. The van der Waals surface area contributed by atoms with E-state index in [9.17, 15) is 13.2 Å². The molecule has 146 valence electrons. The van der Waals surface area contributed by atoms with Gasteiger partial charge in [-0.25, -0.2) is 13.1 Å². The van der Waals surface area contributed by atoms with Gasteiger partial charge in [0.25, 0.3) is 0 Å². The molecule has 0 aliphatic rings. The van der Waals surface area contributed by atoms with Crippen molar-refractivity contribution < 1.29 is 13.2 Å². The Morgan fingerprint density at radius 2 is 1.96 bits per heavy atom. The number of hydrogen-bond donors (Lipinski definition) is 2. The van der Waals surface area contributed by atoms with Crippen molar-refractivity contribution in [1.29, 1.82) is 0 Å². The number of sulfonamides is 1. The third-order valence-corrected chi connectivity index (χ3v) is 7.01. The highest BCUT2D eigenvalue weighted by Crippen LogP contribution is 2.28. The smallest absolute Gasteiger partial charge is 0.240 e. The molecule has 2 N–H and O–H groups in total. The first-order valence-electron chi connectivity index (χ1n) is 8.09. The second-order valence-electron chi connectivity index (χ2n) is 5.62. The summed E-state index contributed by atoms with van der Waals surface area (Å²) in [6, 6.07) is 12.3. The van der Waals surface area contributed by atoms with Crippen LogP contribution in [0.15, 0.2) is 52.3 Å². The number of thioether (sulfide) groups is 2. The number of halogens is 1. The van der Waals surface area contributed by atoms with Crippen LogP contribution in [-0.2, 0) is 20.6 Å². The van der Waals surface area contributed by atoms with Crippen LogP contribution in [0.5, 0.6) is 0 Å². The first-order chi connectivity index (χ1) is 12.8. The van der Waals surface area contributed by atoms with E-state index in [4.69, 9.17) is 11.6 Å². The molecule has 2 aromatic carbocycles. The van der Waals surface area contributed by atoms with Crippen LogP contribution in [0.3, 0.4) is 0 Å². The Morgan fingerprint density at radius 3 is 2.63 bits per heavy atom. The molecule has 0 radical (unpaired) electrons. The Balaban J connectivity index is 1.93. The summed E-state index contributed by atoms with van der Waals surface area (Å²) in [5.41, 5.74) is 1.59. The lowest BCUT2D eigenvalue weighted by molar-refractivity contribution is -0.114. The van der Waals surface area contributed by atoms with E-state index < -0.39 is 10.0 Å². The number of amides is 1. The van der Waals surface area contributed by atoms with Gasteiger partial charge in [0.2, 0.25) is 15.9 Å². The minimum Gasteiger partial charge on any atom is -0.325 e. The molecule has 0 aliphatic carbocycles. The Morgan fingerprint density at radius 1 is 1.19 bits per heavy atom. The Kier molecular flexibility index (Phi) is 8.50. The zero-order chi connectivity index (χ0) is 19.9. The van der Waals surface area contributed by atoms with E-state index in [0.29, 0.717) is 23.0 Å². The maximum atomic E-state index is 12.5. The molecule has 0 aromatic heterocycles. The SMILES string of the molecule is CSc1ccc(S(=O)(=O)NCCSCc2cccc(Cl)c2)cc1NC(C)=O. The second kappa shape index (κ2) is 10.4. The summed E-state index contributed by atoms with van der Waals surface area (Å²) in [6.45, 7) is 1.70. The molecule has 5 nitrogen and oxygen atoms in total. The average molecular weight is 445 g/mol. The molecule has 0 aliphatic heterocycles. The van der Waals surface area contributed by atoms with Crippen molar-refractivity contribution in [1.82, 2.24) is 4.72 Å². The van der Waals surface area contributed by atoms with Crippen molar-refractivity contribution in [2.75, 3.05) is 23.9 Å². The quantitative estimate of drug-likeness (QED) is 0.447. The molecule has 2 aromatic rings. The maximum Gasteiger partial charge on any atom is 0.240 e. The molecule has 0 heterocycles. The zero-order valence-corrected chi connectivity index (χ0v) is 18.2. The molecule has 2 rings (SSSR count). The van der Waals surface area contributed by atoms with Gasteiger partial charge in [0.05, 0.1) is 10.6 Å². The molecule has 0 saturated carbocycles. The number of rotatable bonds is 9. The number of benzene rings is 2. The van der Waals surface area contributed by atoms with Crippen LogP contribution >= 0.6 is 35.1 Å². The van der Waals surface area contributed by atoms with Gasteiger partial charge >= 0.3 is 0 Å². The van der Waals surface area contributed by atoms with Crippen molar-refractivity contribution in [2.24, 2.45) is 0 Å². The van der Waals surface area contributed by atoms with Crippen LogP contribution in [0.25, 0.3) is 0 Å². The molecular formula is C18H21ClN2O3S3. The molecule has 0 spiro atoms. The monoisotopic (exact) mass is 444 g/mol. The standard InChI is InChI=1S/C18H21ClN2O3S3/c1-13(22)21-17-11-16(6-7-18(17)25-2)27(23,24)20-8-9-26-12-14-4-3-5-15(19)10-14/h3-7,10-11,20H,8-9,12H2,1-2H3,(H,21,22). The summed E-state index contributed by atoms with van der Waals surface area (Å²) in [5.74, 6) is 1.15. The number of anilines is 1. The van der Waals surface area contributed by atoms with Crippen LogP contribution in [0, 0.1) is 0 Å². The topological polar surface area (TPSA) is 75.3 Å². The molecule has 0 saturated heterocycles. The average Bonchev–Trinajstić information content (AvgIpc) is 2.61. The highest BCUT2D eigenvalue weighted by atomic mass is 35.5. The van der Waals surface area contributed by atoms with Crippen molar-refractivity contribution >= 4 is 56.7 Å². The van der Waals surface area contributed by atoms with Crippen LogP contribution in [0.4, 0.5) is 5.69 Å². The van der Waals surface area contributed by atoms with Crippen LogP contribution < -0.4 is 10.0 Å². The molecule has 0 fully saturated rings. The number of carbonyl (C=O) groups is 1. The van der Waals surface area contributed by atoms with E-state index in [2.05, 4.69) is 10.0 Å². The fourth-order valence-corrected chi connectivity index (χ4v) is 5.03. The van der Waals surface area contributed by atoms with Crippen molar-refractivity contribution in [2.45, 2.75) is 22.5 Å². The first kappa shape index (κ1) is 22.1. The minimum absolute atomic E-state index is 0.129.